The molecule has 0 bridgehead atoms. The number of rotatable bonds is 3. The topological polar surface area (TPSA) is 53.0 Å². The van der Waals surface area contributed by atoms with Crippen LogP contribution in [0.4, 0.5) is 5.69 Å². The van der Waals surface area contributed by atoms with Gasteiger partial charge in [0.15, 0.2) is 0 Å². The normalized spacial score (nSPS) is 39.8. The van der Waals surface area contributed by atoms with Gasteiger partial charge in [0.2, 0.25) is 0 Å². The lowest BCUT2D eigenvalue weighted by Gasteiger charge is -2.52. The molecule has 3 fully saturated rings. The van der Waals surface area contributed by atoms with Gasteiger partial charge in [0, 0.05) is 55.7 Å². The number of fused-ring (bicyclic) bond motifs is 2. The zero-order valence-corrected chi connectivity index (χ0v) is 20.0. The number of hydrogen-bond acceptors (Lipinski definition) is 5. The number of carbonyl (C=O) groups is 1. The minimum Gasteiger partial charge on any atom is -0.461 e. The molecule has 1 saturated carbocycles. The highest BCUT2D eigenvalue weighted by Gasteiger charge is 2.59. The maximum Gasteiger partial charge on any atom is 0.311 e. The van der Waals surface area contributed by atoms with E-state index in [0.29, 0.717) is 18.5 Å². The summed E-state index contributed by atoms with van der Waals surface area (Å²) in [5.41, 5.74) is 3.63. The molecule has 0 spiro atoms. The van der Waals surface area contributed by atoms with Crippen LogP contribution in [0.2, 0.25) is 0 Å². The van der Waals surface area contributed by atoms with Crippen molar-refractivity contribution in [3.8, 4) is 0 Å². The van der Waals surface area contributed by atoms with Gasteiger partial charge in [-0.25, -0.2) is 0 Å². The largest absolute Gasteiger partial charge is 0.461 e. The van der Waals surface area contributed by atoms with Crippen molar-refractivity contribution in [2.24, 2.45) is 23.2 Å². The van der Waals surface area contributed by atoms with Crippen molar-refractivity contribution in [1.29, 1.82) is 0 Å². The van der Waals surface area contributed by atoms with E-state index in [1.54, 1.807) is 0 Å². The smallest absolute Gasteiger partial charge is 0.311 e. The molecule has 5 heteroatoms. The van der Waals surface area contributed by atoms with Crippen LogP contribution in [0.5, 0.6) is 0 Å². The van der Waals surface area contributed by atoms with Gasteiger partial charge in [0.1, 0.15) is 6.10 Å². The van der Waals surface area contributed by atoms with Crippen LogP contribution in [0.25, 0.3) is 0 Å². The van der Waals surface area contributed by atoms with Crippen molar-refractivity contribution in [3.05, 3.63) is 41.5 Å². The number of piperazine rings is 1. The van der Waals surface area contributed by atoms with Crippen molar-refractivity contribution < 1.29 is 14.6 Å². The first-order chi connectivity index (χ1) is 15.3. The number of ether oxygens (including phenoxy) is 1. The van der Waals surface area contributed by atoms with E-state index in [2.05, 4.69) is 67.8 Å². The predicted octanol–water partition coefficient (Wildman–Crippen LogP) is 3.79. The second kappa shape index (κ2) is 8.18. The van der Waals surface area contributed by atoms with Crippen molar-refractivity contribution in [1.82, 2.24) is 4.90 Å². The van der Waals surface area contributed by atoms with Crippen molar-refractivity contribution in [2.75, 3.05) is 31.1 Å². The average molecular weight is 439 g/mol. The van der Waals surface area contributed by atoms with Crippen LogP contribution in [0.1, 0.15) is 45.6 Å². The molecule has 2 heterocycles. The Morgan fingerprint density at radius 1 is 1.25 bits per heavy atom. The van der Waals surface area contributed by atoms with Gasteiger partial charge in [-0.15, -0.1) is 0 Å². The molecule has 1 N–H and O–H groups in total. The molecule has 0 radical (unpaired) electrons. The first kappa shape index (κ1) is 22.0. The van der Waals surface area contributed by atoms with Gasteiger partial charge in [0.25, 0.3) is 0 Å². The van der Waals surface area contributed by atoms with Gasteiger partial charge in [-0.2, -0.15) is 0 Å². The molecule has 4 aliphatic rings. The number of anilines is 1. The maximum absolute atomic E-state index is 13.0. The number of nitrogens with zero attached hydrogens (tertiary/aromatic N) is 2. The summed E-state index contributed by atoms with van der Waals surface area (Å²) >= 11 is 0. The van der Waals surface area contributed by atoms with E-state index in [4.69, 9.17) is 4.74 Å². The minimum atomic E-state index is -0.523. The van der Waals surface area contributed by atoms with Crippen LogP contribution in [-0.2, 0) is 9.53 Å². The quantitative estimate of drug-likeness (QED) is 0.575. The third kappa shape index (κ3) is 3.49. The zero-order valence-electron chi connectivity index (χ0n) is 20.0. The molecule has 2 aliphatic heterocycles. The first-order valence-corrected chi connectivity index (χ1v) is 12.4. The summed E-state index contributed by atoms with van der Waals surface area (Å²) in [7, 11) is 0. The maximum atomic E-state index is 13.0. The summed E-state index contributed by atoms with van der Waals surface area (Å²) in [6, 6.07) is 9.07. The van der Waals surface area contributed by atoms with E-state index in [1.807, 2.05) is 0 Å². The number of aliphatic hydroxyl groups is 1. The summed E-state index contributed by atoms with van der Waals surface area (Å²) in [6.45, 7) is 12.4. The molecule has 2 saturated heterocycles. The van der Waals surface area contributed by atoms with Gasteiger partial charge in [-0.3, -0.25) is 9.69 Å². The lowest BCUT2D eigenvalue weighted by molar-refractivity contribution is -0.145. The SMILES string of the molecule is Cc1cccc(N2CCN(C[C@H]3C(=O)O[C@@H]4CC5=CCC[C@H](C)[C@@]5(C)[C@@H](O)[C@@H]43)C[C@@H]2C)c1. The number of allylic oxidation sites excluding steroid dienone is 1. The van der Waals surface area contributed by atoms with E-state index in [1.165, 1.54) is 16.8 Å². The summed E-state index contributed by atoms with van der Waals surface area (Å²) in [5, 5.41) is 11.6. The summed E-state index contributed by atoms with van der Waals surface area (Å²) in [4.78, 5) is 17.8. The van der Waals surface area contributed by atoms with Crippen LogP contribution in [-0.4, -0.2) is 60.4 Å². The highest BCUT2D eigenvalue weighted by atomic mass is 16.6. The Hall–Kier alpha value is -1.85. The molecule has 0 amide bonds. The molecule has 5 nitrogen and oxygen atoms in total. The predicted molar refractivity (Wildman–Crippen MR) is 126 cm³/mol. The molecular weight excluding hydrogens is 400 g/mol. The van der Waals surface area contributed by atoms with E-state index in [9.17, 15) is 9.90 Å². The van der Waals surface area contributed by atoms with Crippen molar-refractivity contribution in [3.63, 3.8) is 0 Å². The third-order valence-electron chi connectivity index (χ3n) is 9.07. The zero-order chi connectivity index (χ0) is 22.6. The summed E-state index contributed by atoms with van der Waals surface area (Å²) in [6.07, 6.45) is 4.57. The highest BCUT2D eigenvalue weighted by molar-refractivity contribution is 5.76. The van der Waals surface area contributed by atoms with Gasteiger partial charge in [-0.05, 0) is 50.3 Å². The van der Waals surface area contributed by atoms with Crippen molar-refractivity contribution in [2.45, 2.75) is 65.2 Å². The van der Waals surface area contributed by atoms with E-state index < -0.39 is 6.10 Å². The van der Waals surface area contributed by atoms with Crippen LogP contribution in [0, 0.1) is 30.1 Å². The van der Waals surface area contributed by atoms with Crippen molar-refractivity contribution >= 4 is 11.7 Å². The Bertz CT molecular complexity index is 914. The Labute approximate surface area is 192 Å². The number of aliphatic hydroxyl groups excluding tert-OH is 1. The van der Waals surface area contributed by atoms with Gasteiger partial charge >= 0.3 is 5.97 Å². The number of esters is 1. The molecule has 32 heavy (non-hydrogen) atoms. The standard InChI is InChI=1S/C27H38N2O3/c1-17-7-5-10-21(13-17)29-12-11-28(15-19(29)3)16-22-24-23(32-26(22)31)14-20-9-6-8-18(2)27(20,4)25(24)30/h5,7,9-10,13,18-19,22-25,30H,6,8,11-12,14-16H2,1-4H3/t18-,19-,22+,23+,24+,25-,27+/m0/s1. The van der Waals surface area contributed by atoms with Gasteiger partial charge < -0.3 is 14.7 Å². The van der Waals surface area contributed by atoms with Crippen LogP contribution >= 0.6 is 0 Å². The second-order valence-corrected chi connectivity index (χ2v) is 10.9. The average Bonchev–Trinajstić information content (AvgIpc) is 3.05. The molecule has 174 valence electrons. The molecular formula is C27H38N2O3. The number of benzene rings is 1. The fourth-order valence-corrected chi connectivity index (χ4v) is 6.94. The Balaban J connectivity index is 1.30. The molecule has 0 unspecified atom stereocenters. The summed E-state index contributed by atoms with van der Waals surface area (Å²) in [5.74, 6) is -0.0217. The Morgan fingerprint density at radius 2 is 2.06 bits per heavy atom. The molecule has 0 aromatic heterocycles. The molecule has 7 atom stereocenters. The fourth-order valence-electron chi connectivity index (χ4n) is 6.94. The lowest BCUT2D eigenvalue weighted by Crippen LogP contribution is -2.56. The third-order valence-corrected chi connectivity index (χ3v) is 9.07. The molecule has 1 aromatic rings. The molecule has 1 aromatic carbocycles. The number of carbonyl (C=O) groups excluding carboxylic acids is 1. The monoisotopic (exact) mass is 438 g/mol. The molecule has 5 rings (SSSR count). The van der Waals surface area contributed by atoms with E-state index in [-0.39, 0.29) is 29.3 Å². The van der Waals surface area contributed by atoms with E-state index >= 15 is 0 Å². The van der Waals surface area contributed by atoms with Crippen LogP contribution in [0.15, 0.2) is 35.9 Å². The van der Waals surface area contributed by atoms with E-state index in [0.717, 1.165) is 38.9 Å². The van der Waals surface area contributed by atoms with Gasteiger partial charge in [0.05, 0.1) is 12.0 Å². The number of hydrogen-bond donors (Lipinski definition) is 1. The molecule has 2 aliphatic carbocycles. The number of aryl methyl sites for hydroxylation is 1. The minimum absolute atomic E-state index is 0.102. The van der Waals surface area contributed by atoms with Crippen LogP contribution in [0.3, 0.4) is 0 Å². The summed E-state index contributed by atoms with van der Waals surface area (Å²) < 4.78 is 5.87. The van der Waals surface area contributed by atoms with Crippen LogP contribution < -0.4 is 4.90 Å². The first-order valence-electron chi connectivity index (χ1n) is 12.4. The lowest BCUT2D eigenvalue weighted by atomic mass is 9.55. The fraction of sp³-hybridized carbons (Fsp3) is 0.667. The highest BCUT2D eigenvalue weighted by Crippen LogP contribution is 2.56. The Morgan fingerprint density at radius 3 is 2.81 bits per heavy atom. The second-order valence-electron chi connectivity index (χ2n) is 10.9. The Kier molecular flexibility index (Phi) is 5.61. The van der Waals surface area contributed by atoms with Gasteiger partial charge in [-0.1, -0.05) is 37.6 Å².